The fraction of sp³-hybridized carbons (Fsp3) is 0.750. The maximum Gasteiger partial charge on any atom is 0.418 e. The van der Waals surface area contributed by atoms with Gasteiger partial charge in [0, 0.05) is 25.7 Å². The minimum atomic E-state index is -4.76. The molecular formula is C12H18N6O6S. The fourth-order valence-electron chi connectivity index (χ4n) is 3.23. The van der Waals surface area contributed by atoms with Crippen molar-refractivity contribution >= 4 is 16.4 Å². The summed E-state index contributed by atoms with van der Waals surface area (Å²) in [6.45, 7) is 2.51. The Labute approximate surface area is 143 Å². The molecule has 3 aliphatic heterocycles. The van der Waals surface area contributed by atoms with Gasteiger partial charge in [-0.05, 0) is 12.8 Å². The lowest BCUT2D eigenvalue weighted by atomic mass is 10.0. The minimum absolute atomic E-state index is 0.267. The number of nitrogens with one attached hydrogen (secondary N) is 2. The molecule has 3 fully saturated rings. The van der Waals surface area contributed by atoms with E-state index in [9.17, 15) is 13.2 Å². The van der Waals surface area contributed by atoms with E-state index in [2.05, 4.69) is 25.1 Å². The van der Waals surface area contributed by atoms with Crippen LogP contribution in [-0.2, 0) is 21.2 Å². The van der Waals surface area contributed by atoms with E-state index in [1.165, 1.54) is 4.90 Å². The minimum Gasteiger partial charge on any atom is -0.422 e. The summed E-state index contributed by atoms with van der Waals surface area (Å²) >= 11 is 0. The maximum absolute atomic E-state index is 12.4. The predicted octanol–water partition coefficient (Wildman–Crippen LogP) is -1.19. The van der Waals surface area contributed by atoms with Gasteiger partial charge in [-0.3, -0.25) is 4.55 Å². The van der Waals surface area contributed by atoms with Crippen LogP contribution >= 0.6 is 0 Å². The molecule has 4 rings (SSSR count). The van der Waals surface area contributed by atoms with Crippen molar-refractivity contribution in [1.82, 2.24) is 30.8 Å². The van der Waals surface area contributed by atoms with Crippen LogP contribution in [-0.4, -0.2) is 70.9 Å². The molecule has 1 aromatic rings. The van der Waals surface area contributed by atoms with E-state index >= 15 is 0 Å². The number of hydroxylamine groups is 2. The van der Waals surface area contributed by atoms with Crippen LogP contribution in [0.25, 0.3) is 0 Å². The normalized spacial score (nSPS) is 27.0. The van der Waals surface area contributed by atoms with Crippen molar-refractivity contribution in [3.8, 4) is 0 Å². The van der Waals surface area contributed by atoms with Gasteiger partial charge in [0.25, 0.3) is 0 Å². The number of nitrogens with zero attached hydrogens (tertiary/aromatic N) is 4. The van der Waals surface area contributed by atoms with Crippen LogP contribution in [0, 0.1) is 0 Å². The largest absolute Gasteiger partial charge is 0.422 e. The monoisotopic (exact) mass is 374 g/mol. The standard InChI is InChI=1S/C12H18N6O6S/c19-12-17-6-8(18(12)24-25(20,21)22)1-2-9(17)11-16-15-10(23-11)5-14-7-3-13-4-7/h7-9,13-14H,1-6H2,(H,20,21,22). The predicted molar refractivity (Wildman–Crippen MR) is 80.1 cm³/mol. The molecule has 12 nitrogen and oxygen atoms in total. The first-order valence-electron chi connectivity index (χ1n) is 7.94. The van der Waals surface area contributed by atoms with E-state index in [-0.39, 0.29) is 6.54 Å². The van der Waals surface area contributed by atoms with Crippen molar-refractivity contribution in [2.75, 3.05) is 19.6 Å². The molecule has 25 heavy (non-hydrogen) atoms. The summed E-state index contributed by atoms with van der Waals surface area (Å²) in [4.78, 5) is 13.8. The van der Waals surface area contributed by atoms with Crippen LogP contribution in [0.1, 0.15) is 30.7 Å². The van der Waals surface area contributed by atoms with Crippen molar-refractivity contribution < 1.29 is 26.5 Å². The number of carbonyl (C=O) groups excluding carboxylic acids is 1. The average Bonchev–Trinajstić information content (AvgIpc) is 3.05. The van der Waals surface area contributed by atoms with Gasteiger partial charge in [0.1, 0.15) is 6.04 Å². The molecule has 3 saturated heterocycles. The van der Waals surface area contributed by atoms with Crippen LogP contribution in [0.3, 0.4) is 0 Å². The van der Waals surface area contributed by atoms with E-state index in [4.69, 9.17) is 8.97 Å². The summed E-state index contributed by atoms with van der Waals surface area (Å²) in [5, 5.41) is 15.1. The highest BCUT2D eigenvalue weighted by Gasteiger charge is 2.49. The highest BCUT2D eigenvalue weighted by Crippen LogP contribution is 2.38. The van der Waals surface area contributed by atoms with Crippen molar-refractivity contribution in [2.45, 2.75) is 37.5 Å². The van der Waals surface area contributed by atoms with Crippen molar-refractivity contribution in [1.29, 1.82) is 0 Å². The fourth-order valence-corrected chi connectivity index (χ4v) is 3.61. The summed E-state index contributed by atoms with van der Waals surface area (Å²) in [6, 6.07) is -1.15. The number of carbonyl (C=O) groups is 1. The zero-order chi connectivity index (χ0) is 17.6. The Morgan fingerprint density at radius 2 is 2.16 bits per heavy atom. The molecule has 0 spiro atoms. The molecule has 0 aromatic carbocycles. The van der Waals surface area contributed by atoms with Crippen LogP contribution in [0.15, 0.2) is 4.42 Å². The van der Waals surface area contributed by atoms with E-state index in [0.29, 0.717) is 42.3 Å². The zero-order valence-electron chi connectivity index (χ0n) is 13.2. The smallest absolute Gasteiger partial charge is 0.418 e. The number of aromatic nitrogens is 2. The molecule has 2 atom stereocenters. The summed E-state index contributed by atoms with van der Waals surface area (Å²) in [5.41, 5.74) is 0. The van der Waals surface area contributed by atoms with Gasteiger partial charge in [0.05, 0.1) is 12.6 Å². The molecular weight excluding hydrogens is 356 g/mol. The van der Waals surface area contributed by atoms with Gasteiger partial charge in [-0.15, -0.1) is 14.5 Å². The van der Waals surface area contributed by atoms with Crippen molar-refractivity contribution in [3.63, 3.8) is 0 Å². The van der Waals surface area contributed by atoms with E-state index < -0.39 is 28.5 Å². The average molecular weight is 374 g/mol. The van der Waals surface area contributed by atoms with Crippen molar-refractivity contribution in [2.24, 2.45) is 0 Å². The van der Waals surface area contributed by atoms with Gasteiger partial charge in [-0.25, -0.2) is 4.79 Å². The van der Waals surface area contributed by atoms with E-state index in [1.54, 1.807) is 0 Å². The third-order valence-electron chi connectivity index (χ3n) is 4.59. The summed E-state index contributed by atoms with van der Waals surface area (Å²) in [6.07, 6.45) is 1.02. The van der Waals surface area contributed by atoms with Crippen LogP contribution in [0.4, 0.5) is 4.79 Å². The molecule has 2 amide bonds. The molecule has 4 heterocycles. The molecule has 1 aromatic heterocycles. The quantitative estimate of drug-likeness (QED) is 0.518. The van der Waals surface area contributed by atoms with E-state index in [1.807, 2.05) is 0 Å². The van der Waals surface area contributed by atoms with Gasteiger partial charge in [0.15, 0.2) is 0 Å². The van der Waals surface area contributed by atoms with Gasteiger partial charge in [-0.1, -0.05) is 0 Å². The number of amides is 2. The Hall–Kier alpha value is -1.80. The molecule has 2 unspecified atom stereocenters. The van der Waals surface area contributed by atoms with Crippen LogP contribution < -0.4 is 10.6 Å². The highest BCUT2D eigenvalue weighted by molar-refractivity contribution is 7.80. The number of fused-ring (bicyclic) bond motifs is 2. The Morgan fingerprint density at radius 3 is 2.84 bits per heavy atom. The molecule has 0 saturated carbocycles. The second kappa shape index (κ2) is 6.17. The topological polar surface area (TPSA) is 150 Å². The first-order valence-corrected chi connectivity index (χ1v) is 9.30. The molecule has 13 heteroatoms. The Kier molecular flexibility index (Phi) is 4.11. The van der Waals surface area contributed by atoms with Gasteiger partial charge < -0.3 is 20.0 Å². The number of rotatable bonds is 6. The highest BCUT2D eigenvalue weighted by atomic mass is 32.3. The summed E-state index contributed by atoms with van der Waals surface area (Å²) < 4.78 is 40.7. The molecule has 0 radical (unpaired) electrons. The van der Waals surface area contributed by atoms with Crippen LogP contribution in [0.2, 0.25) is 0 Å². The lowest BCUT2D eigenvalue weighted by Crippen LogP contribution is -2.55. The number of urea groups is 1. The zero-order valence-corrected chi connectivity index (χ0v) is 14.0. The lowest BCUT2D eigenvalue weighted by Gasteiger charge is -2.28. The summed E-state index contributed by atoms with van der Waals surface area (Å²) in [7, 11) is -4.76. The molecule has 3 N–H and O–H groups in total. The van der Waals surface area contributed by atoms with Gasteiger partial charge in [-0.2, -0.15) is 13.5 Å². The van der Waals surface area contributed by atoms with Crippen LogP contribution in [0.5, 0.6) is 0 Å². The van der Waals surface area contributed by atoms with Gasteiger partial charge in [0.2, 0.25) is 11.8 Å². The first kappa shape index (κ1) is 16.7. The SMILES string of the molecule is O=C1N2CC(CCC2c2nnc(CNC3CNC3)o2)N1OS(=O)(=O)O. The van der Waals surface area contributed by atoms with E-state index in [0.717, 1.165) is 13.1 Å². The number of hydrogen-bond acceptors (Lipinski definition) is 9. The Balaban J connectivity index is 1.43. The molecule has 138 valence electrons. The Morgan fingerprint density at radius 1 is 1.36 bits per heavy atom. The Bertz CT molecular complexity index is 764. The molecule has 2 bridgehead atoms. The second-order valence-corrected chi connectivity index (χ2v) is 7.28. The second-order valence-electron chi connectivity index (χ2n) is 6.28. The third kappa shape index (κ3) is 3.32. The third-order valence-corrected chi connectivity index (χ3v) is 4.94. The lowest BCUT2D eigenvalue weighted by molar-refractivity contribution is -0.0317. The number of hydrogen-bond donors (Lipinski definition) is 3. The summed E-state index contributed by atoms with van der Waals surface area (Å²) in [5.74, 6) is 0.741. The van der Waals surface area contributed by atoms with Gasteiger partial charge >= 0.3 is 16.4 Å². The van der Waals surface area contributed by atoms with Crippen molar-refractivity contribution in [3.05, 3.63) is 11.8 Å². The molecule has 0 aliphatic carbocycles. The number of piperidine rings is 1. The maximum atomic E-state index is 12.4. The molecule has 3 aliphatic rings. The first-order chi connectivity index (χ1) is 11.9.